The van der Waals surface area contributed by atoms with E-state index in [-0.39, 0.29) is 5.95 Å². The van der Waals surface area contributed by atoms with Crippen molar-refractivity contribution < 1.29 is 0 Å². The van der Waals surface area contributed by atoms with Crippen LogP contribution in [0.4, 0.5) is 11.8 Å². The lowest BCUT2D eigenvalue weighted by Crippen LogP contribution is -2.12. The van der Waals surface area contributed by atoms with E-state index in [0.717, 1.165) is 23.6 Å². The number of rotatable bonds is 5. The smallest absolute Gasteiger partial charge is 0.222 e. The largest absolute Gasteiger partial charge is 0.369 e. The van der Waals surface area contributed by atoms with Crippen molar-refractivity contribution in [2.24, 2.45) is 0 Å². The lowest BCUT2D eigenvalue weighted by Gasteiger charge is -2.15. The number of aryl methyl sites for hydroxylation is 1. The third kappa shape index (κ3) is 3.97. The minimum Gasteiger partial charge on any atom is -0.369 e. The first-order valence-corrected chi connectivity index (χ1v) is 8.54. The van der Waals surface area contributed by atoms with E-state index in [1.165, 1.54) is 16.7 Å². The number of aromatic nitrogens is 2. The fourth-order valence-electron chi connectivity index (χ4n) is 2.88. The molecule has 1 heterocycles. The van der Waals surface area contributed by atoms with E-state index in [1.54, 1.807) is 0 Å². The van der Waals surface area contributed by atoms with Crippen LogP contribution in [0.3, 0.4) is 0 Å². The molecule has 3 N–H and O–H groups in total. The molecule has 0 aliphatic rings. The minimum absolute atomic E-state index is 0.285. The Hall–Kier alpha value is -2.88. The third-order valence-electron chi connectivity index (χ3n) is 4.58. The number of hydrogen-bond acceptors (Lipinski definition) is 4. The van der Waals surface area contributed by atoms with Gasteiger partial charge in [-0.15, -0.1) is 0 Å². The molecule has 1 aromatic heterocycles. The van der Waals surface area contributed by atoms with Crippen molar-refractivity contribution in [3.63, 3.8) is 0 Å². The maximum Gasteiger partial charge on any atom is 0.222 e. The van der Waals surface area contributed by atoms with Gasteiger partial charge in [0.15, 0.2) is 0 Å². The van der Waals surface area contributed by atoms with E-state index in [1.807, 2.05) is 18.2 Å². The first-order chi connectivity index (χ1) is 12.0. The van der Waals surface area contributed by atoms with Gasteiger partial charge in [0.1, 0.15) is 5.82 Å². The number of benzene rings is 2. The van der Waals surface area contributed by atoms with Crippen molar-refractivity contribution in [3.8, 4) is 11.3 Å². The number of nitrogens with zero attached hydrogens (tertiary/aromatic N) is 2. The second kappa shape index (κ2) is 7.34. The Morgan fingerprint density at radius 1 is 1.00 bits per heavy atom. The molecule has 0 bridgehead atoms. The summed E-state index contributed by atoms with van der Waals surface area (Å²) in [5, 5.41) is 3.40. The Bertz CT molecular complexity index is 859. The van der Waals surface area contributed by atoms with Gasteiger partial charge in [0.25, 0.3) is 0 Å². The van der Waals surface area contributed by atoms with Crippen molar-refractivity contribution in [2.45, 2.75) is 26.7 Å². The Kier molecular flexibility index (Phi) is 4.98. The predicted molar refractivity (Wildman–Crippen MR) is 105 cm³/mol. The molecule has 0 fully saturated rings. The zero-order valence-corrected chi connectivity index (χ0v) is 15.0. The average molecular weight is 332 g/mol. The molecule has 4 heteroatoms. The first-order valence-electron chi connectivity index (χ1n) is 8.54. The molecule has 0 aliphatic carbocycles. The van der Waals surface area contributed by atoms with Crippen molar-refractivity contribution in [2.75, 3.05) is 17.6 Å². The molecule has 0 aliphatic heterocycles. The Balaban J connectivity index is 1.81. The summed E-state index contributed by atoms with van der Waals surface area (Å²) in [7, 11) is 0. The highest BCUT2D eigenvalue weighted by Crippen LogP contribution is 2.26. The molecular formula is C21H24N4. The molecule has 0 radical (unpaired) electrons. The van der Waals surface area contributed by atoms with Gasteiger partial charge in [-0.2, -0.15) is 4.98 Å². The van der Waals surface area contributed by atoms with Crippen LogP contribution in [0.5, 0.6) is 0 Å². The van der Waals surface area contributed by atoms with E-state index in [0.29, 0.717) is 5.92 Å². The van der Waals surface area contributed by atoms with Gasteiger partial charge in [-0.1, -0.05) is 55.5 Å². The van der Waals surface area contributed by atoms with Crippen molar-refractivity contribution in [1.82, 2.24) is 9.97 Å². The predicted octanol–water partition coefficient (Wildman–Crippen LogP) is 4.56. The number of nitrogen functional groups attached to an aromatic ring is 1. The zero-order valence-electron chi connectivity index (χ0n) is 15.0. The molecule has 25 heavy (non-hydrogen) atoms. The van der Waals surface area contributed by atoms with Gasteiger partial charge in [0.2, 0.25) is 5.95 Å². The van der Waals surface area contributed by atoms with Crippen molar-refractivity contribution >= 4 is 11.8 Å². The van der Waals surface area contributed by atoms with Crippen LogP contribution in [0.2, 0.25) is 0 Å². The van der Waals surface area contributed by atoms with E-state index >= 15 is 0 Å². The second-order valence-electron chi connectivity index (χ2n) is 6.44. The molecule has 1 unspecified atom stereocenters. The molecule has 1 atom stereocenters. The standard InChI is InChI=1S/C21H24N4/c1-14-8-7-11-18(16(14)3)19-12-20(25-21(22)24-19)23-13-15(2)17-9-5-4-6-10-17/h4-12,15H,13H2,1-3H3,(H3,22,23,24,25). The van der Waals surface area contributed by atoms with Gasteiger partial charge < -0.3 is 11.1 Å². The molecule has 3 rings (SSSR count). The molecule has 0 amide bonds. The quantitative estimate of drug-likeness (QED) is 0.719. The Morgan fingerprint density at radius 2 is 1.76 bits per heavy atom. The van der Waals surface area contributed by atoms with Crippen LogP contribution in [0.15, 0.2) is 54.6 Å². The summed E-state index contributed by atoms with van der Waals surface area (Å²) in [6.07, 6.45) is 0. The lowest BCUT2D eigenvalue weighted by atomic mass is 10.0. The van der Waals surface area contributed by atoms with Crippen molar-refractivity contribution in [3.05, 3.63) is 71.3 Å². The summed E-state index contributed by atoms with van der Waals surface area (Å²) >= 11 is 0. The van der Waals surface area contributed by atoms with Crippen LogP contribution in [-0.2, 0) is 0 Å². The van der Waals surface area contributed by atoms with Gasteiger partial charge in [-0.25, -0.2) is 4.98 Å². The van der Waals surface area contributed by atoms with Crippen LogP contribution in [-0.4, -0.2) is 16.5 Å². The van der Waals surface area contributed by atoms with Crippen LogP contribution in [0.25, 0.3) is 11.3 Å². The summed E-state index contributed by atoms with van der Waals surface area (Å²) in [6, 6.07) is 18.6. The molecular weight excluding hydrogens is 308 g/mol. The molecule has 0 saturated heterocycles. The van der Waals surface area contributed by atoms with Crippen LogP contribution >= 0.6 is 0 Å². The topological polar surface area (TPSA) is 63.8 Å². The van der Waals surface area contributed by atoms with Gasteiger partial charge in [0, 0.05) is 18.2 Å². The SMILES string of the molecule is Cc1cccc(-c2cc(NCC(C)c3ccccc3)nc(N)n2)c1C. The monoisotopic (exact) mass is 332 g/mol. The summed E-state index contributed by atoms with van der Waals surface area (Å²) in [4.78, 5) is 8.75. The van der Waals surface area contributed by atoms with E-state index in [4.69, 9.17) is 5.73 Å². The summed E-state index contributed by atoms with van der Waals surface area (Å²) in [5.74, 6) is 1.42. The molecule has 0 saturated carbocycles. The fraction of sp³-hybridized carbons (Fsp3) is 0.238. The number of hydrogen-bond donors (Lipinski definition) is 2. The van der Waals surface area contributed by atoms with Crippen molar-refractivity contribution in [1.29, 1.82) is 0 Å². The molecule has 3 aromatic rings. The Labute approximate surface area is 149 Å². The van der Waals surface area contributed by atoms with Crippen LogP contribution in [0, 0.1) is 13.8 Å². The van der Waals surface area contributed by atoms with Gasteiger partial charge in [-0.05, 0) is 36.5 Å². The maximum atomic E-state index is 5.94. The highest BCUT2D eigenvalue weighted by atomic mass is 15.1. The number of nitrogens with one attached hydrogen (secondary N) is 1. The molecule has 4 nitrogen and oxygen atoms in total. The third-order valence-corrected chi connectivity index (χ3v) is 4.58. The van der Waals surface area contributed by atoms with Gasteiger partial charge >= 0.3 is 0 Å². The van der Waals surface area contributed by atoms with Crippen LogP contribution < -0.4 is 11.1 Å². The second-order valence-corrected chi connectivity index (χ2v) is 6.44. The summed E-state index contributed by atoms with van der Waals surface area (Å²) in [5.41, 5.74) is 11.6. The zero-order chi connectivity index (χ0) is 17.8. The molecule has 2 aromatic carbocycles. The van der Waals surface area contributed by atoms with Crippen LogP contribution in [0.1, 0.15) is 29.5 Å². The van der Waals surface area contributed by atoms with Gasteiger partial charge in [-0.3, -0.25) is 0 Å². The Morgan fingerprint density at radius 3 is 2.52 bits per heavy atom. The maximum absolute atomic E-state index is 5.94. The lowest BCUT2D eigenvalue weighted by molar-refractivity contribution is 0.801. The summed E-state index contributed by atoms with van der Waals surface area (Å²) < 4.78 is 0. The average Bonchev–Trinajstić information content (AvgIpc) is 2.62. The highest BCUT2D eigenvalue weighted by Gasteiger charge is 2.10. The first kappa shape index (κ1) is 17.0. The fourth-order valence-corrected chi connectivity index (χ4v) is 2.88. The number of anilines is 2. The highest BCUT2D eigenvalue weighted by molar-refractivity contribution is 5.68. The van der Waals surface area contributed by atoms with Gasteiger partial charge in [0.05, 0.1) is 5.69 Å². The van der Waals surface area contributed by atoms with E-state index < -0.39 is 0 Å². The normalized spacial score (nSPS) is 12.0. The molecule has 128 valence electrons. The summed E-state index contributed by atoms with van der Waals surface area (Å²) in [6.45, 7) is 7.18. The number of nitrogens with two attached hydrogens (primary N) is 1. The molecule has 0 spiro atoms. The minimum atomic E-state index is 0.285. The van der Waals surface area contributed by atoms with E-state index in [2.05, 4.69) is 72.5 Å². The van der Waals surface area contributed by atoms with E-state index in [9.17, 15) is 0 Å².